The molecule has 54 valence electrons. The van der Waals surface area contributed by atoms with E-state index in [4.69, 9.17) is 0 Å². The van der Waals surface area contributed by atoms with Crippen LogP contribution < -0.4 is 5.32 Å². The van der Waals surface area contributed by atoms with Crippen LogP contribution in [-0.2, 0) is 0 Å². The quantitative estimate of drug-likeness (QED) is 0.596. The van der Waals surface area contributed by atoms with E-state index in [0.717, 1.165) is 12.6 Å². The van der Waals surface area contributed by atoms with E-state index in [1.54, 1.807) is 0 Å². The highest BCUT2D eigenvalue weighted by Crippen LogP contribution is 2.39. The van der Waals surface area contributed by atoms with Crippen LogP contribution in [0.2, 0.25) is 0 Å². The Morgan fingerprint density at radius 2 is 2.00 bits per heavy atom. The molecule has 0 amide bonds. The van der Waals surface area contributed by atoms with Crippen LogP contribution in [0.25, 0.3) is 0 Å². The maximum absolute atomic E-state index is 3.44. The Labute approximate surface area is 57.8 Å². The van der Waals surface area contributed by atoms with Crippen molar-refractivity contribution in [3.63, 3.8) is 0 Å². The third-order valence-corrected chi connectivity index (χ3v) is 2.09. The lowest BCUT2D eigenvalue weighted by molar-refractivity contribution is 0.128. The van der Waals surface area contributed by atoms with Crippen LogP contribution in [0.1, 0.15) is 33.6 Å². The number of rotatable bonds is 2. The normalized spacial score (nSPS) is 25.7. The summed E-state index contributed by atoms with van der Waals surface area (Å²) < 4.78 is 0. The molecule has 0 atom stereocenters. The molecule has 0 bridgehead atoms. The third-order valence-electron chi connectivity index (χ3n) is 2.09. The Bertz CT molecular complexity index is 88.7. The molecule has 0 saturated heterocycles. The van der Waals surface area contributed by atoms with Gasteiger partial charge < -0.3 is 5.32 Å². The maximum Gasteiger partial charge on any atom is 0.00771 e. The zero-order valence-electron chi connectivity index (χ0n) is 6.70. The van der Waals surface area contributed by atoms with Gasteiger partial charge in [0.05, 0.1) is 0 Å². The van der Waals surface area contributed by atoms with E-state index in [2.05, 4.69) is 26.1 Å². The zero-order chi connectivity index (χ0) is 6.91. The molecule has 1 rings (SSSR count). The van der Waals surface area contributed by atoms with Crippen molar-refractivity contribution in [3.8, 4) is 0 Å². The molecule has 0 unspecified atom stereocenters. The minimum atomic E-state index is 0.632. The summed E-state index contributed by atoms with van der Waals surface area (Å²) in [6.07, 6.45) is 2.72. The molecule has 1 fully saturated rings. The van der Waals surface area contributed by atoms with Crippen molar-refractivity contribution >= 4 is 0 Å². The van der Waals surface area contributed by atoms with E-state index in [-0.39, 0.29) is 0 Å². The largest absolute Gasteiger partial charge is 0.314 e. The fourth-order valence-corrected chi connectivity index (χ4v) is 1.71. The smallest absolute Gasteiger partial charge is 0.00771 e. The summed E-state index contributed by atoms with van der Waals surface area (Å²) >= 11 is 0. The van der Waals surface area contributed by atoms with Crippen molar-refractivity contribution in [2.75, 3.05) is 6.54 Å². The average molecular weight is 127 g/mol. The molecule has 0 heterocycles. The van der Waals surface area contributed by atoms with E-state index < -0.39 is 0 Å². The molecule has 0 spiro atoms. The molecule has 0 aliphatic heterocycles. The van der Waals surface area contributed by atoms with Crippen LogP contribution in [0, 0.1) is 5.41 Å². The second kappa shape index (κ2) is 2.30. The van der Waals surface area contributed by atoms with Crippen LogP contribution in [0.5, 0.6) is 0 Å². The molecule has 1 aliphatic rings. The Hall–Kier alpha value is -0.0400. The molecule has 1 N–H and O–H groups in total. The van der Waals surface area contributed by atoms with Crippen molar-refractivity contribution in [3.05, 3.63) is 0 Å². The Kier molecular flexibility index (Phi) is 1.80. The monoisotopic (exact) mass is 127 g/mol. The van der Waals surface area contributed by atoms with Crippen LogP contribution in [0.3, 0.4) is 0 Å². The second-order valence-corrected chi connectivity index (χ2v) is 3.83. The lowest BCUT2D eigenvalue weighted by Gasteiger charge is -2.42. The molecule has 1 aliphatic carbocycles. The predicted molar refractivity (Wildman–Crippen MR) is 40.5 cm³/mol. The van der Waals surface area contributed by atoms with E-state index >= 15 is 0 Å². The van der Waals surface area contributed by atoms with Gasteiger partial charge in [-0.2, -0.15) is 0 Å². The summed E-state index contributed by atoms with van der Waals surface area (Å²) in [7, 11) is 0. The van der Waals surface area contributed by atoms with Gasteiger partial charge in [-0.15, -0.1) is 0 Å². The van der Waals surface area contributed by atoms with Crippen molar-refractivity contribution in [2.24, 2.45) is 5.41 Å². The summed E-state index contributed by atoms with van der Waals surface area (Å²) in [6, 6.07) is 0.824. The van der Waals surface area contributed by atoms with Gasteiger partial charge in [0.15, 0.2) is 0 Å². The van der Waals surface area contributed by atoms with Crippen molar-refractivity contribution in [1.82, 2.24) is 5.32 Å². The molecular formula is C8H17N. The second-order valence-electron chi connectivity index (χ2n) is 3.83. The lowest BCUT2D eigenvalue weighted by atomic mass is 9.68. The molecule has 1 saturated carbocycles. The number of hydrogen-bond donors (Lipinski definition) is 1. The highest BCUT2D eigenvalue weighted by atomic mass is 14.9. The molecule has 0 aromatic carbocycles. The van der Waals surface area contributed by atoms with E-state index in [9.17, 15) is 0 Å². The molecule has 0 radical (unpaired) electrons. The van der Waals surface area contributed by atoms with Gasteiger partial charge in [-0.1, -0.05) is 20.8 Å². The van der Waals surface area contributed by atoms with Gasteiger partial charge in [-0.3, -0.25) is 0 Å². The summed E-state index contributed by atoms with van der Waals surface area (Å²) in [5.41, 5.74) is 0.632. The van der Waals surface area contributed by atoms with Crippen molar-refractivity contribution < 1.29 is 0 Å². The van der Waals surface area contributed by atoms with Gasteiger partial charge in [-0.05, 0) is 24.8 Å². The van der Waals surface area contributed by atoms with Gasteiger partial charge in [0.1, 0.15) is 0 Å². The summed E-state index contributed by atoms with van der Waals surface area (Å²) in [4.78, 5) is 0. The first kappa shape index (κ1) is 7.07. The van der Waals surface area contributed by atoms with Gasteiger partial charge in [0, 0.05) is 6.04 Å². The van der Waals surface area contributed by atoms with Gasteiger partial charge in [-0.25, -0.2) is 0 Å². The lowest BCUT2D eigenvalue weighted by Crippen LogP contribution is -2.45. The summed E-state index contributed by atoms with van der Waals surface area (Å²) in [5, 5.41) is 3.44. The highest BCUT2D eigenvalue weighted by molar-refractivity contribution is 4.90. The molecule has 1 heteroatoms. The van der Waals surface area contributed by atoms with E-state index in [0.29, 0.717) is 5.41 Å². The topological polar surface area (TPSA) is 12.0 Å². The first-order valence-corrected chi connectivity index (χ1v) is 3.87. The van der Waals surface area contributed by atoms with Crippen LogP contribution in [0.15, 0.2) is 0 Å². The van der Waals surface area contributed by atoms with Crippen LogP contribution >= 0.6 is 0 Å². The van der Waals surface area contributed by atoms with Gasteiger partial charge >= 0.3 is 0 Å². The minimum absolute atomic E-state index is 0.632. The standard InChI is InChI=1S/C8H17N/c1-4-9-7-5-8(2,3)6-7/h7,9H,4-6H2,1-3H3. The molecular weight excluding hydrogens is 110 g/mol. The first-order valence-electron chi connectivity index (χ1n) is 3.87. The SMILES string of the molecule is CCNC1CC(C)(C)C1. The highest BCUT2D eigenvalue weighted by Gasteiger charge is 2.34. The molecule has 9 heavy (non-hydrogen) atoms. The predicted octanol–water partition coefficient (Wildman–Crippen LogP) is 1.78. The number of hydrogen-bond acceptors (Lipinski definition) is 1. The molecule has 0 aromatic rings. The Morgan fingerprint density at radius 3 is 2.33 bits per heavy atom. The average Bonchev–Trinajstić information content (AvgIpc) is 1.62. The minimum Gasteiger partial charge on any atom is -0.314 e. The van der Waals surface area contributed by atoms with Crippen molar-refractivity contribution in [1.29, 1.82) is 0 Å². The Morgan fingerprint density at radius 1 is 1.44 bits per heavy atom. The van der Waals surface area contributed by atoms with E-state index in [1.165, 1.54) is 12.8 Å². The van der Waals surface area contributed by atoms with E-state index in [1.807, 2.05) is 0 Å². The van der Waals surface area contributed by atoms with Crippen molar-refractivity contribution in [2.45, 2.75) is 39.7 Å². The van der Waals surface area contributed by atoms with Gasteiger partial charge in [0.25, 0.3) is 0 Å². The summed E-state index contributed by atoms with van der Waals surface area (Å²) in [6.45, 7) is 7.97. The third kappa shape index (κ3) is 1.68. The maximum atomic E-state index is 3.44. The molecule has 1 nitrogen and oxygen atoms in total. The first-order chi connectivity index (χ1) is 4.14. The fourth-order valence-electron chi connectivity index (χ4n) is 1.71. The number of nitrogens with one attached hydrogen (secondary N) is 1. The fraction of sp³-hybridized carbons (Fsp3) is 1.00. The Balaban J connectivity index is 2.12. The van der Waals surface area contributed by atoms with Crippen LogP contribution in [-0.4, -0.2) is 12.6 Å². The zero-order valence-corrected chi connectivity index (χ0v) is 6.70. The summed E-state index contributed by atoms with van der Waals surface area (Å²) in [5.74, 6) is 0. The van der Waals surface area contributed by atoms with Crippen LogP contribution in [0.4, 0.5) is 0 Å². The molecule has 0 aromatic heterocycles. The van der Waals surface area contributed by atoms with Gasteiger partial charge in [0.2, 0.25) is 0 Å².